The van der Waals surface area contributed by atoms with Crippen molar-refractivity contribution in [1.29, 1.82) is 0 Å². The first-order valence-electron chi connectivity index (χ1n) is 6.07. The minimum atomic E-state index is -0.208. The molecule has 0 aliphatic heterocycles. The fourth-order valence-electron chi connectivity index (χ4n) is 1.50. The Morgan fingerprint density at radius 1 is 1.47 bits per heavy atom. The molecule has 0 saturated carbocycles. The van der Waals surface area contributed by atoms with Crippen LogP contribution in [0.15, 0.2) is 27.7 Å². The zero-order valence-corrected chi connectivity index (χ0v) is 12.4. The van der Waals surface area contributed by atoms with Gasteiger partial charge >= 0.3 is 0 Å². The van der Waals surface area contributed by atoms with Gasteiger partial charge < -0.3 is 10.6 Å². The lowest BCUT2D eigenvalue weighted by molar-refractivity contribution is 0.609. The second-order valence-electron chi connectivity index (χ2n) is 3.80. The van der Waals surface area contributed by atoms with Crippen molar-refractivity contribution in [3.63, 3.8) is 0 Å². The summed E-state index contributed by atoms with van der Waals surface area (Å²) in [5, 5.41) is 6.05. The topological polar surface area (TPSA) is 36.4 Å². The molecule has 0 fully saturated rings. The third-order valence-electron chi connectivity index (χ3n) is 2.36. The lowest BCUT2D eigenvalue weighted by Gasteiger charge is -2.09. The highest BCUT2D eigenvalue weighted by molar-refractivity contribution is 9.10. The Balaban J connectivity index is 2.58. The number of nitrogens with zero attached hydrogens (tertiary/aromatic N) is 1. The van der Waals surface area contributed by atoms with Crippen molar-refractivity contribution >= 4 is 21.9 Å². The second kappa shape index (κ2) is 8.54. The van der Waals surface area contributed by atoms with E-state index in [1.54, 1.807) is 12.1 Å². The Hall–Kier alpha value is -1.54. The molecule has 0 heterocycles. The van der Waals surface area contributed by atoms with Crippen LogP contribution in [0.1, 0.15) is 12.5 Å². The van der Waals surface area contributed by atoms with Gasteiger partial charge in [-0.2, -0.15) is 0 Å². The molecular formula is C14H17BrFN3. The van der Waals surface area contributed by atoms with Gasteiger partial charge in [0, 0.05) is 17.6 Å². The fraction of sp³-hybridized carbons (Fsp3) is 0.357. The van der Waals surface area contributed by atoms with Gasteiger partial charge in [-0.25, -0.2) is 4.39 Å². The van der Waals surface area contributed by atoms with Crippen molar-refractivity contribution in [3.8, 4) is 12.3 Å². The first kappa shape index (κ1) is 15.5. The van der Waals surface area contributed by atoms with E-state index in [0.717, 1.165) is 11.0 Å². The van der Waals surface area contributed by atoms with Gasteiger partial charge in [-0.05, 0) is 37.1 Å². The molecule has 0 radical (unpaired) electrons. The molecule has 1 aromatic rings. The van der Waals surface area contributed by atoms with E-state index < -0.39 is 0 Å². The van der Waals surface area contributed by atoms with E-state index in [9.17, 15) is 4.39 Å². The number of benzene rings is 1. The average Bonchev–Trinajstić information content (AvgIpc) is 2.40. The predicted octanol–water partition coefficient (Wildman–Crippen LogP) is 2.32. The summed E-state index contributed by atoms with van der Waals surface area (Å²) in [6, 6.07) is 4.90. The van der Waals surface area contributed by atoms with Crippen LogP contribution in [0.5, 0.6) is 0 Å². The van der Waals surface area contributed by atoms with Crippen LogP contribution in [0.25, 0.3) is 0 Å². The van der Waals surface area contributed by atoms with Crippen LogP contribution in [0, 0.1) is 18.2 Å². The van der Waals surface area contributed by atoms with Crippen LogP contribution in [0.2, 0.25) is 0 Å². The quantitative estimate of drug-likeness (QED) is 0.495. The molecule has 0 aliphatic rings. The van der Waals surface area contributed by atoms with E-state index >= 15 is 0 Å². The van der Waals surface area contributed by atoms with Gasteiger partial charge in [0.15, 0.2) is 5.96 Å². The van der Waals surface area contributed by atoms with Crippen molar-refractivity contribution < 1.29 is 4.39 Å². The molecule has 0 unspecified atom stereocenters. The van der Waals surface area contributed by atoms with Crippen LogP contribution < -0.4 is 10.6 Å². The lowest BCUT2D eigenvalue weighted by Crippen LogP contribution is -2.37. The number of aliphatic imine (C=N–C) groups is 1. The highest BCUT2D eigenvalue weighted by Gasteiger charge is 2.02. The number of guanidine groups is 1. The molecule has 1 rings (SSSR count). The molecule has 1 aromatic carbocycles. The Morgan fingerprint density at radius 2 is 2.26 bits per heavy atom. The van der Waals surface area contributed by atoms with E-state index in [-0.39, 0.29) is 5.82 Å². The molecule has 0 amide bonds. The second-order valence-corrected chi connectivity index (χ2v) is 4.72. The maximum absolute atomic E-state index is 13.5. The summed E-state index contributed by atoms with van der Waals surface area (Å²) in [6.45, 7) is 3.63. The van der Waals surface area contributed by atoms with Gasteiger partial charge in [0.25, 0.3) is 0 Å². The normalized spacial score (nSPS) is 10.9. The smallest absolute Gasteiger partial charge is 0.192 e. The zero-order valence-electron chi connectivity index (χ0n) is 10.8. The molecule has 0 saturated heterocycles. The van der Waals surface area contributed by atoms with E-state index in [1.807, 2.05) is 6.92 Å². The molecular weight excluding hydrogens is 309 g/mol. The molecule has 19 heavy (non-hydrogen) atoms. The van der Waals surface area contributed by atoms with Crippen molar-refractivity contribution in [2.24, 2.45) is 4.99 Å². The van der Waals surface area contributed by atoms with Gasteiger partial charge in [-0.3, -0.25) is 4.99 Å². The first-order valence-corrected chi connectivity index (χ1v) is 6.86. The zero-order chi connectivity index (χ0) is 14.1. The van der Waals surface area contributed by atoms with Crippen LogP contribution in [0.3, 0.4) is 0 Å². The fourth-order valence-corrected chi connectivity index (χ4v) is 1.91. The Bertz CT molecular complexity index is 480. The van der Waals surface area contributed by atoms with Crippen LogP contribution >= 0.6 is 15.9 Å². The summed E-state index contributed by atoms with van der Waals surface area (Å²) in [7, 11) is 0. The summed E-state index contributed by atoms with van der Waals surface area (Å²) >= 11 is 3.33. The third kappa shape index (κ3) is 5.75. The third-order valence-corrected chi connectivity index (χ3v) is 2.85. The summed E-state index contributed by atoms with van der Waals surface area (Å²) in [4.78, 5) is 4.33. The highest BCUT2D eigenvalue weighted by Crippen LogP contribution is 2.15. The van der Waals surface area contributed by atoms with Gasteiger partial charge in [0.05, 0.1) is 6.54 Å². The number of rotatable bonds is 5. The van der Waals surface area contributed by atoms with Crippen LogP contribution in [-0.2, 0) is 6.42 Å². The molecule has 2 N–H and O–H groups in total. The molecule has 5 heteroatoms. The molecule has 0 spiro atoms. The van der Waals surface area contributed by atoms with Crippen molar-refractivity contribution in [1.82, 2.24) is 10.6 Å². The van der Waals surface area contributed by atoms with Crippen LogP contribution in [0.4, 0.5) is 4.39 Å². The minimum Gasteiger partial charge on any atom is -0.357 e. The molecule has 0 aromatic heterocycles. The first-order chi connectivity index (χ1) is 9.17. The summed E-state index contributed by atoms with van der Waals surface area (Å²) < 4.78 is 14.4. The molecule has 0 aliphatic carbocycles. The lowest BCUT2D eigenvalue weighted by atomic mass is 10.1. The summed E-state index contributed by atoms with van der Waals surface area (Å²) in [5.41, 5.74) is 0.644. The number of halogens is 2. The average molecular weight is 326 g/mol. The molecule has 3 nitrogen and oxygen atoms in total. The van der Waals surface area contributed by atoms with E-state index in [1.165, 1.54) is 6.07 Å². The SMILES string of the molecule is C#CCNC(=NCCc1cc(Br)ccc1F)NCC. The summed E-state index contributed by atoms with van der Waals surface area (Å²) in [5.74, 6) is 2.92. The Morgan fingerprint density at radius 3 is 2.95 bits per heavy atom. The van der Waals surface area contributed by atoms with Crippen molar-refractivity contribution in [2.75, 3.05) is 19.6 Å². The van der Waals surface area contributed by atoms with Gasteiger partial charge in [0.2, 0.25) is 0 Å². The van der Waals surface area contributed by atoms with Gasteiger partial charge in [-0.1, -0.05) is 21.9 Å². The molecule has 102 valence electrons. The standard InChI is InChI=1S/C14H17BrFN3/c1-3-8-18-14(17-4-2)19-9-7-11-10-12(15)5-6-13(11)16/h1,5-6,10H,4,7-9H2,2H3,(H2,17,18,19). The van der Waals surface area contributed by atoms with Gasteiger partial charge in [0.1, 0.15) is 5.82 Å². The maximum atomic E-state index is 13.5. The monoisotopic (exact) mass is 325 g/mol. The van der Waals surface area contributed by atoms with Crippen LogP contribution in [-0.4, -0.2) is 25.6 Å². The molecule has 0 atom stereocenters. The Labute approximate surface area is 121 Å². The number of terminal acetylenes is 1. The number of hydrogen-bond donors (Lipinski definition) is 2. The predicted molar refractivity (Wildman–Crippen MR) is 80.6 cm³/mol. The van der Waals surface area contributed by atoms with Crippen molar-refractivity contribution in [2.45, 2.75) is 13.3 Å². The summed E-state index contributed by atoms with van der Waals surface area (Å²) in [6.07, 6.45) is 5.72. The van der Waals surface area contributed by atoms with E-state index in [0.29, 0.717) is 31.0 Å². The van der Waals surface area contributed by atoms with Gasteiger partial charge in [-0.15, -0.1) is 6.42 Å². The largest absolute Gasteiger partial charge is 0.357 e. The van der Waals surface area contributed by atoms with Crippen molar-refractivity contribution in [3.05, 3.63) is 34.1 Å². The maximum Gasteiger partial charge on any atom is 0.192 e. The van der Waals surface area contributed by atoms with E-state index in [2.05, 4.69) is 37.5 Å². The number of hydrogen-bond acceptors (Lipinski definition) is 1. The highest BCUT2D eigenvalue weighted by atomic mass is 79.9. The number of nitrogens with one attached hydrogen (secondary N) is 2. The minimum absolute atomic E-state index is 0.208. The van der Waals surface area contributed by atoms with E-state index in [4.69, 9.17) is 6.42 Å². The molecule has 0 bridgehead atoms. The Kier molecular flexibility index (Phi) is 6.98.